The molecule has 0 aliphatic rings. The summed E-state index contributed by atoms with van der Waals surface area (Å²) in [5, 5.41) is 0. The number of benzene rings is 2. The van der Waals surface area contributed by atoms with Crippen LogP contribution in [0.25, 0.3) is 0 Å². The van der Waals surface area contributed by atoms with Gasteiger partial charge in [-0.2, -0.15) is 0 Å². The molecule has 3 nitrogen and oxygen atoms in total. The molecule has 20 heavy (non-hydrogen) atoms. The van der Waals surface area contributed by atoms with E-state index in [9.17, 15) is 0 Å². The Balaban J connectivity index is 2.09. The molecule has 106 valence electrons. The Labute approximate surface area is 120 Å². The number of ether oxygens (including phenoxy) is 2. The van der Waals surface area contributed by atoms with E-state index in [-0.39, 0.29) is 6.04 Å². The quantitative estimate of drug-likeness (QED) is 0.876. The normalized spacial score (nSPS) is 11.9. The summed E-state index contributed by atoms with van der Waals surface area (Å²) in [6, 6.07) is 15.9. The summed E-state index contributed by atoms with van der Waals surface area (Å²) in [5.74, 6) is 1.76. The van der Waals surface area contributed by atoms with Gasteiger partial charge in [-0.05, 0) is 42.7 Å². The van der Waals surface area contributed by atoms with Gasteiger partial charge in [0.05, 0.1) is 13.7 Å². The number of nitrogens with two attached hydrogens (primary N) is 1. The lowest BCUT2D eigenvalue weighted by Gasteiger charge is -2.15. The van der Waals surface area contributed by atoms with Gasteiger partial charge in [-0.15, -0.1) is 0 Å². The molecule has 0 saturated carbocycles. The third-order valence-corrected chi connectivity index (χ3v) is 3.25. The molecule has 3 heteroatoms. The number of hydrogen-bond donors (Lipinski definition) is 1. The first-order chi connectivity index (χ1) is 9.74. The fraction of sp³-hybridized carbons (Fsp3) is 0.294. The molecule has 0 aliphatic heterocycles. The summed E-state index contributed by atoms with van der Waals surface area (Å²) in [5.41, 5.74) is 8.50. The minimum absolute atomic E-state index is 0.0537. The van der Waals surface area contributed by atoms with Crippen LogP contribution in [0, 0.1) is 0 Å². The van der Waals surface area contributed by atoms with Crippen molar-refractivity contribution in [2.75, 3.05) is 13.7 Å². The van der Waals surface area contributed by atoms with Crippen LogP contribution >= 0.6 is 0 Å². The lowest BCUT2D eigenvalue weighted by Crippen LogP contribution is -2.13. The Morgan fingerprint density at radius 1 is 1.05 bits per heavy atom. The van der Waals surface area contributed by atoms with Gasteiger partial charge in [0.1, 0.15) is 11.5 Å². The third kappa shape index (κ3) is 3.52. The molecule has 1 atom stereocenters. The van der Waals surface area contributed by atoms with Crippen LogP contribution < -0.4 is 15.2 Å². The Morgan fingerprint density at radius 2 is 1.75 bits per heavy atom. The van der Waals surface area contributed by atoms with Crippen LogP contribution in [-0.4, -0.2) is 13.7 Å². The first kappa shape index (κ1) is 14.4. The Kier molecular flexibility index (Phi) is 5.02. The topological polar surface area (TPSA) is 44.5 Å². The number of hydrogen-bond acceptors (Lipinski definition) is 3. The highest BCUT2D eigenvalue weighted by Gasteiger charge is 2.10. The summed E-state index contributed by atoms with van der Waals surface area (Å²) >= 11 is 0. The molecule has 2 aromatic carbocycles. The van der Waals surface area contributed by atoms with Gasteiger partial charge in [-0.3, -0.25) is 0 Å². The summed E-state index contributed by atoms with van der Waals surface area (Å²) in [4.78, 5) is 0. The van der Waals surface area contributed by atoms with E-state index in [1.807, 2.05) is 55.5 Å². The van der Waals surface area contributed by atoms with Gasteiger partial charge in [-0.1, -0.05) is 30.3 Å². The molecule has 0 amide bonds. The van der Waals surface area contributed by atoms with Crippen LogP contribution in [0.5, 0.6) is 11.5 Å². The first-order valence-corrected chi connectivity index (χ1v) is 6.84. The Bertz CT molecular complexity index is 537. The summed E-state index contributed by atoms with van der Waals surface area (Å²) < 4.78 is 10.8. The van der Waals surface area contributed by atoms with Crippen molar-refractivity contribution in [2.45, 2.75) is 19.4 Å². The second-order valence-corrected chi connectivity index (χ2v) is 4.62. The van der Waals surface area contributed by atoms with E-state index in [2.05, 4.69) is 0 Å². The third-order valence-electron chi connectivity index (χ3n) is 3.25. The maximum absolute atomic E-state index is 6.28. The molecule has 1 unspecified atom stereocenters. The predicted molar refractivity (Wildman–Crippen MR) is 81.2 cm³/mol. The van der Waals surface area contributed by atoms with Crippen molar-refractivity contribution in [3.8, 4) is 11.5 Å². The Morgan fingerprint density at radius 3 is 2.40 bits per heavy atom. The van der Waals surface area contributed by atoms with E-state index in [0.717, 1.165) is 29.0 Å². The lowest BCUT2D eigenvalue weighted by atomic mass is 9.99. The molecule has 0 aliphatic carbocycles. The van der Waals surface area contributed by atoms with E-state index >= 15 is 0 Å². The molecule has 0 bridgehead atoms. The zero-order valence-corrected chi connectivity index (χ0v) is 12.0. The molecule has 0 fully saturated rings. The number of methoxy groups -OCH3 is 1. The molecular weight excluding hydrogens is 250 g/mol. The highest BCUT2D eigenvalue weighted by Crippen LogP contribution is 2.24. The van der Waals surface area contributed by atoms with E-state index in [0.29, 0.717) is 6.61 Å². The SMILES string of the molecule is CCOc1ccc(C(N)Cc2ccccc2OC)cc1. The fourth-order valence-corrected chi connectivity index (χ4v) is 2.20. The van der Waals surface area contributed by atoms with Gasteiger partial charge in [0.15, 0.2) is 0 Å². The van der Waals surface area contributed by atoms with Crippen LogP contribution in [0.3, 0.4) is 0 Å². The van der Waals surface area contributed by atoms with Crippen molar-refractivity contribution in [3.63, 3.8) is 0 Å². The molecule has 0 saturated heterocycles. The summed E-state index contributed by atoms with van der Waals surface area (Å²) in [7, 11) is 1.68. The highest BCUT2D eigenvalue weighted by molar-refractivity contribution is 5.36. The van der Waals surface area contributed by atoms with E-state index < -0.39 is 0 Å². The Hall–Kier alpha value is -2.00. The van der Waals surface area contributed by atoms with Gasteiger partial charge in [0.25, 0.3) is 0 Å². The number of para-hydroxylation sites is 1. The standard InChI is InChI=1S/C17H21NO2/c1-3-20-15-10-8-13(9-11-15)16(18)12-14-6-4-5-7-17(14)19-2/h4-11,16H,3,12,18H2,1-2H3. The average Bonchev–Trinajstić information content (AvgIpc) is 2.49. The lowest BCUT2D eigenvalue weighted by molar-refractivity contribution is 0.340. The van der Waals surface area contributed by atoms with E-state index in [1.54, 1.807) is 7.11 Å². The maximum Gasteiger partial charge on any atom is 0.122 e. The molecule has 2 N–H and O–H groups in total. The van der Waals surface area contributed by atoms with Crippen molar-refractivity contribution in [3.05, 3.63) is 59.7 Å². The maximum atomic E-state index is 6.28. The molecule has 0 spiro atoms. The van der Waals surface area contributed by atoms with Crippen LogP contribution in [0.4, 0.5) is 0 Å². The van der Waals surface area contributed by atoms with Gasteiger partial charge in [0, 0.05) is 6.04 Å². The van der Waals surface area contributed by atoms with Crippen LogP contribution in [0.1, 0.15) is 24.1 Å². The average molecular weight is 271 g/mol. The minimum atomic E-state index is -0.0537. The van der Waals surface area contributed by atoms with Crippen LogP contribution in [0.15, 0.2) is 48.5 Å². The smallest absolute Gasteiger partial charge is 0.122 e. The zero-order chi connectivity index (χ0) is 14.4. The van der Waals surface area contributed by atoms with E-state index in [4.69, 9.17) is 15.2 Å². The van der Waals surface area contributed by atoms with Gasteiger partial charge in [-0.25, -0.2) is 0 Å². The van der Waals surface area contributed by atoms with Crippen LogP contribution in [0.2, 0.25) is 0 Å². The molecule has 2 aromatic rings. The molecule has 2 rings (SSSR count). The minimum Gasteiger partial charge on any atom is -0.496 e. The summed E-state index contributed by atoms with van der Waals surface area (Å²) in [6.45, 7) is 2.65. The van der Waals surface area contributed by atoms with Crippen molar-refractivity contribution >= 4 is 0 Å². The monoisotopic (exact) mass is 271 g/mol. The van der Waals surface area contributed by atoms with Crippen molar-refractivity contribution in [1.29, 1.82) is 0 Å². The zero-order valence-electron chi connectivity index (χ0n) is 12.0. The highest BCUT2D eigenvalue weighted by atomic mass is 16.5. The van der Waals surface area contributed by atoms with Crippen LogP contribution in [-0.2, 0) is 6.42 Å². The molecule has 0 heterocycles. The van der Waals surface area contributed by atoms with E-state index in [1.165, 1.54) is 0 Å². The van der Waals surface area contributed by atoms with Crippen molar-refractivity contribution < 1.29 is 9.47 Å². The summed E-state index contributed by atoms with van der Waals surface area (Å²) in [6.07, 6.45) is 0.748. The molecule has 0 aromatic heterocycles. The van der Waals surface area contributed by atoms with Crippen molar-refractivity contribution in [2.24, 2.45) is 5.73 Å². The predicted octanol–water partition coefficient (Wildman–Crippen LogP) is 3.34. The molecular formula is C17H21NO2. The largest absolute Gasteiger partial charge is 0.496 e. The van der Waals surface area contributed by atoms with Gasteiger partial charge in [0.2, 0.25) is 0 Å². The molecule has 0 radical (unpaired) electrons. The van der Waals surface area contributed by atoms with Gasteiger partial charge >= 0.3 is 0 Å². The fourth-order valence-electron chi connectivity index (χ4n) is 2.20. The first-order valence-electron chi connectivity index (χ1n) is 6.84. The second-order valence-electron chi connectivity index (χ2n) is 4.62. The second kappa shape index (κ2) is 6.96. The van der Waals surface area contributed by atoms with Gasteiger partial charge < -0.3 is 15.2 Å². The number of rotatable bonds is 6. The van der Waals surface area contributed by atoms with Crippen molar-refractivity contribution in [1.82, 2.24) is 0 Å².